The molecular formula is C25H34FN2P. The zero-order valence-corrected chi connectivity index (χ0v) is 19.3. The van der Waals surface area contributed by atoms with Crippen molar-refractivity contribution in [2.24, 2.45) is 5.41 Å². The lowest BCUT2D eigenvalue weighted by atomic mass is 9.63. The Morgan fingerprint density at radius 1 is 1.21 bits per heavy atom. The lowest BCUT2D eigenvalue weighted by Crippen LogP contribution is -2.40. The molecule has 2 unspecified atom stereocenters. The largest absolute Gasteiger partial charge is 0.388 e. The fourth-order valence-corrected chi connectivity index (χ4v) is 5.12. The summed E-state index contributed by atoms with van der Waals surface area (Å²) in [6, 6.07) is 14.8. The topological polar surface area (TPSA) is 24.1 Å². The Morgan fingerprint density at radius 2 is 1.86 bits per heavy atom. The number of hydrogen-bond acceptors (Lipinski definition) is 2. The van der Waals surface area contributed by atoms with Crippen LogP contribution in [-0.4, -0.2) is 13.7 Å². The van der Waals surface area contributed by atoms with Crippen molar-refractivity contribution >= 4 is 25.3 Å². The van der Waals surface area contributed by atoms with Gasteiger partial charge < -0.3 is 10.6 Å². The second-order valence-corrected chi connectivity index (χ2v) is 9.93. The van der Waals surface area contributed by atoms with E-state index in [1.54, 1.807) is 13.8 Å². The highest BCUT2D eigenvalue weighted by Crippen LogP contribution is 2.50. The number of nitrogens with one attached hydrogen (secondary N) is 2. The Balaban J connectivity index is 2.00. The summed E-state index contributed by atoms with van der Waals surface area (Å²) in [6.45, 7) is 12.2. The van der Waals surface area contributed by atoms with Gasteiger partial charge >= 0.3 is 0 Å². The summed E-state index contributed by atoms with van der Waals surface area (Å²) >= 11 is 0. The van der Waals surface area contributed by atoms with Gasteiger partial charge in [-0.15, -0.1) is 0 Å². The van der Waals surface area contributed by atoms with E-state index in [-0.39, 0.29) is 11.5 Å². The minimum Gasteiger partial charge on any atom is -0.388 e. The number of rotatable bonds is 8. The van der Waals surface area contributed by atoms with Crippen molar-refractivity contribution in [2.75, 3.05) is 19.0 Å². The Morgan fingerprint density at radius 3 is 2.34 bits per heavy atom. The maximum Gasteiger partial charge on any atom is 0.130 e. The van der Waals surface area contributed by atoms with Crippen LogP contribution in [0.25, 0.3) is 5.70 Å². The Kier molecular flexibility index (Phi) is 6.39. The van der Waals surface area contributed by atoms with Gasteiger partial charge in [0, 0.05) is 24.0 Å². The molecule has 0 aromatic heterocycles. The third-order valence-corrected chi connectivity index (χ3v) is 7.24. The van der Waals surface area contributed by atoms with Gasteiger partial charge in [0.25, 0.3) is 0 Å². The van der Waals surface area contributed by atoms with Crippen LogP contribution in [0.5, 0.6) is 0 Å². The maximum absolute atomic E-state index is 14.7. The van der Waals surface area contributed by atoms with Gasteiger partial charge in [0.2, 0.25) is 0 Å². The van der Waals surface area contributed by atoms with Crippen LogP contribution >= 0.6 is 8.58 Å². The van der Waals surface area contributed by atoms with Crippen molar-refractivity contribution in [1.82, 2.24) is 5.32 Å². The third kappa shape index (κ3) is 4.51. The first-order valence-corrected chi connectivity index (χ1v) is 11.9. The molecule has 2 atom stereocenters. The Labute approximate surface area is 177 Å². The molecule has 1 aliphatic carbocycles. The smallest absolute Gasteiger partial charge is 0.130 e. The second-order valence-electron chi connectivity index (χ2n) is 8.89. The van der Waals surface area contributed by atoms with Crippen LogP contribution in [0, 0.1) is 5.41 Å². The third-order valence-electron chi connectivity index (χ3n) is 6.31. The molecule has 29 heavy (non-hydrogen) atoms. The van der Waals surface area contributed by atoms with E-state index >= 15 is 0 Å². The highest BCUT2D eigenvalue weighted by Gasteiger charge is 2.41. The van der Waals surface area contributed by atoms with E-state index in [1.165, 1.54) is 24.8 Å². The van der Waals surface area contributed by atoms with Crippen molar-refractivity contribution in [1.29, 1.82) is 0 Å². The maximum atomic E-state index is 14.7. The first-order chi connectivity index (χ1) is 13.7. The van der Waals surface area contributed by atoms with Gasteiger partial charge in [-0.1, -0.05) is 58.8 Å². The summed E-state index contributed by atoms with van der Waals surface area (Å²) in [5.74, 6) is 0. The van der Waals surface area contributed by atoms with Crippen LogP contribution in [-0.2, 0) is 5.67 Å². The lowest BCUT2D eigenvalue weighted by Gasteiger charge is -2.46. The monoisotopic (exact) mass is 412 g/mol. The van der Waals surface area contributed by atoms with E-state index in [2.05, 4.69) is 61.1 Å². The van der Waals surface area contributed by atoms with E-state index in [0.717, 1.165) is 22.3 Å². The van der Waals surface area contributed by atoms with Crippen molar-refractivity contribution in [2.45, 2.75) is 51.7 Å². The lowest BCUT2D eigenvalue weighted by molar-refractivity contribution is 0.107. The van der Waals surface area contributed by atoms with Crippen LogP contribution in [0.4, 0.5) is 10.1 Å². The number of halogens is 1. The molecule has 156 valence electrons. The zero-order valence-electron chi connectivity index (χ0n) is 18.3. The summed E-state index contributed by atoms with van der Waals surface area (Å²) in [5, 5.41) is 8.20. The van der Waals surface area contributed by atoms with Crippen LogP contribution in [0.1, 0.15) is 62.8 Å². The predicted molar refractivity (Wildman–Crippen MR) is 127 cm³/mol. The first kappa shape index (κ1) is 21.8. The molecule has 3 rings (SSSR count). The SMILES string of the molecule is C=C(NC(c1ccccc1)C1(C)CCC1)c1c(NC)cc(C(C)(C)F)cc1PC. The van der Waals surface area contributed by atoms with Crippen molar-refractivity contribution in [3.63, 3.8) is 0 Å². The Hall–Kier alpha value is -1.86. The normalized spacial score (nSPS) is 17.0. The second kappa shape index (κ2) is 8.48. The number of alkyl halides is 1. The fourth-order valence-electron chi connectivity index (χ4n) is 4.28. The van der Waals surface area contributed by atoms with Gasteiger partial charge in [-0.05, 0) is 67.3 Å². The molecule has 0 amide bonds. The minimum absolute atomic E-state index is 0.208. The first-order valence-electron chi connectivity index (χ1n) is 10.4. The average molecular weight is 413 g/mol. The van der Waals surface area contributed by atoms with E-state index in [9.17, 15) is 4.39 Å². The molecule has 0 heterocycles. The number of anilines is 1. The van der Waals surface area contributed by atoms with Crippen LogP contribution in [0.15, 0.2) is 49.0 Å². The highest BCUT2D eigenvalue weighted by molar-refractivity contribution is 7.46. The molecule has 0 radical (unpaired) electrons. The molecule has 1 aliphatic rings. The number of benzene rings is 2. The molecule has 2 N–H and O–H groups in total. The molecule has 0 spiro atoms. The molecule has 4 heteroatoms. The summed E-state index contributed by atoms with van der Waals surface area (Å²) in [6.07, 6.45) is 3.70. The summed E-state index contributed by atoms with van der Waals surface area (Å²) in [4.78, 5) is 0. The van der Waals surface area contributed by atoms with Crippen LogP contribution in [0.2, 0.25) is 0 Å². The van der Waals surface area contributed by atoms with Gasteiger partial charge in [-0.2, -0.15) is 0 Å². The van der Waals surface area contributed by atoms with Gasteiger partial charge in [0.05, 0.1) is 6.04 Å². The Bertz CT molecular complexity index is 841. The van der Waals surface area contributed by atoms with E-state index in [4.69, 9.17) is 0 Å². The molecular weight excluding hydrogens is 378 g/mol. The van der Waals surface area contributed by atoms with E-state index < -0.39 is 5.67 Å². The van der Waals surface area contributed by atoms with Gasteiger partial charge in [-0.3, -0.25) is 0 Å². The van der Waals surface area contributed by atoms with E-state index in [1.807, 2.05) is 19.2 Å². The highest BCUT2D eigenvalue weighted by atomic mass is 31.1. The van der Waals surface area contributed by atoms with Gasteiger partial charge in [0.1, 0.15) is 5.67 Å². The summed E-state index contributed by atoms with van der Waals surface area (Å²) < 4.78 is 14.7. The van der Waals surface area contributed by atoms with Crippen molar-refractivity contribution in [3.05, 3.63) is 65.7 Å². The van der Waals surface area contributed by atoms with Crippen molar-refractivity contribution in [3.8, 4) is 0 Å². The molecule has 0 saturated heterocycles. The molecule has 1 fully saturated rings. The standard InChI is InChI=1S/C25H34FN2P/c1-17(22-20(27-5)15-19(24(2,3)26)16-21(22)29-6)28-23(25(4)13-10-14-25)18-11-8-7-9-12-18/h7-9,11-12,15-16,23,27-29H,1,10,13-14H2,2-6H3. The molecule has 1 saturated carbocycles. The molecule has 2 aromatic carbocycles. The summed E-state index contributed by atoms with van der Waals surface area (Å²) in [5.41, 5.74) is 3.76. The zero-order chi connectivity index (χ0) is 21.2. The average Bonchev–Trinajstić information content (AvgIpc) is 2.68. The quantitative estimate of drug-likeness (QED) is 0.493. The fraction of sp³-hybridized carbons (Fsp3) is 0.440. The van der Waals surface area contributed by atoms with Crippen molar-refractivity contribution < 1.29 is 4.39 Å². The predicted octanol–water partition coefficient (Wildman–Crippen LogP) is 6.36. The van der Waals surface area contributed by atoms with Crippen LogP contribution in [0.3, 0.4) is 0 Å². The molecule has 2 aromatic rings. The number of hydrogen-bond donors (Lipinski definition) is 2. The minimum atomic E-state index is -1.38. The molecule has 0 aliphatic heterocycles. The van der Waals surface area contributed by atoms with Gasteiger partial charge in [-0.25, -0.2) is 4.39 Å². The molecule has 2 nitrogen and oxygen atoms in total. The molecule has 0 bridgehead atoms. The van der Waals surface area contributed by atoms with Gasteiger partial charge in [0.15, 0.2) is 0 Å². The van der Waals surface area contributed by atoms with Crippen LogP contribution < -0.4 is 15.9 Å². The summed E-state index contributed by atoms with van der Waals surface area (Å²) in [7, 11) is 2.45. The van der Waals surface area contributed by atoms with E-state index in [0.29, 0.717) is 14.1 Å².